The monoisotopic (exact) mass is 404 g/mol. The van der Waals surface area contributed by atoms with Crippen molar-refractivity contribution in [3.8, 4) is 0 Å². The molecule has 0 aliphatic carbocycles. The molecule has 7 heteroatoms. The number of carbonyl (C=O) groups excluding carboxylic acids is 1. The van der Waals surface area contributed by atoms with Gasteiger partial charge >= 0.3 is 6.09 Å². The minimum Gasteiger partial charge on any atom is -0.499 e. The lowest BCUT2D eigenvalue weighted by atomic mass is 10.0. The second-order valence-corrected chi connectivity index (χ2v) is 8.79. The van der Waals surface area contributed by atoms with E-state index in [4.69, 9.17) is 19.0 Å². The van der Waals surface area contributed by atoms with E-state index in [0.29, 0.717) is 19.8 Å². The molecule has 160 valence electrons. The molecule has 1 amide bonds. The van der Waals surface area contributed by atoms with E-state index in [1.807, 2.05) is 76.1 Å². The molecule has 0 N–H and O–H groups in total. The number of benzene rings is 1. The van der Waals surface area contributed by atoms with Crippen molar-refractivity contribution in [3.05, 3.63) is 47.7 Å². The fourth-order valence-electron chi connectivity index (χ4n) is 3.78. The molecule has 0 spiro atoms. The van der Waals surface area contributed by atoms with Crippen LogP contribution in [0, 0.1) is 0 Å². The van der Waals surface area contributed by atoms with Crippen LogP contribution in [0.4, 0.5) is 4.79 Å². The first-order chi connectivity index (χ1) is 13.6. The van der Waals surface area contributed by atoms with Crippen molar-refractivity contribution in [1.82, 2.24) is 9.96 Å². The van der Waals surface area contributed by atoms with Crippen LogP contribution in [0.5, 0.6) is 0 Å². The maximum absolute atomic E-state index is 13.1. The summed E-state index contributed by atoms with van der Waals surface area (Å²) in [6.07, 6.45) is 1.50. The third-order valence-electron chi connectivity index (χ3n) is 5.02. The van der Waals surface area contributed by atoms with Gasteiger partial charge in [-0.05, 0) is 46.3 Å². The van der Waals surface area contributed by atoms with Crippen molar-refractivity contribution in [1.29, 1.82) is 0 Å². The van der Waals surface area contributed by atoms with Gasteiger partial charge in [0.05, 0.1) is 32.9 Å². The van der Waals surface area contributed by atoms with Crippen molar-refractivity contribution in [2.75, 3.05) is 20.3 Å². The van der Waals surface area contributed by atoms with Crippen LogP contribution in [0.25, 0.3) is 0 Å². The van der Waals surface area contributed by atoms with Crippen molar-refractivity contribution in [2.45, 2.75) is 64.6 Å². The number of ether oxygens (including phenoxy) is 3. The highest BCUT2D eigenvalue weighted by Crippen LogP contribution is 2.36. The van der Waals surface area contributed by atoms with Crippen molar-refractivity contribution in [3.63, 3.8) is 0 Å². The molecule has 1 fully saturated rings. The summed E-state index contributed by atoms with van der Waals surface area (Å²) < 4.78 is 17.4. The average Bonchev–Trinajstić information content (AvgIpc) is 2.96. The minimum absolute atomic E-state index is 0.316. The van der Waals surface area contributed by atoms with Gasteiger partial charge < -0.3 is 14.2 Å². The molecule has 29 heavy (non-hydrogen) atoms. The van der Waals surface area contributed by atoms with Crippen LogP contribution in [-0.4, -0.2) is 59.8 Å². The van der Waals surface area contributed by atoms with Crippen LogP contribution < -0.4 is 0 Å². The summed E-state index contributed by atoms with van der Waals surface area (Å²) >= 11 is 0. The second kappa shape index (κ2) is 8.34. The summed E-state index contributed by atoms with van der Waals surface area (Å²) in [6, 6.07) is 9.43. The standard InChI is InChI=1S/C22H32N2O5/c1-21(2,3)29-20(25)24-17(15-27-22(24,4)5)19-18(26-6)12-13-28-23(19)14-16-10-8-7-9-11-16/h7-12,17,19H,13-15H2,1-6H3/t17-,19-/m1/s1. The molecule has 2 aliphatic rings. The highest BCUT2D eigenvalue weighted by Gasteiger charge is 2.52. The third kappa shape index (κ3) is 4.91. The van der Waals surface area contributed by atoms with Crippen LogP contribution in [0.3, 0.4) is 0 Å². The number of amides is 1. The lowest BCUT2D eigenvalue weighted by Crippen LogP contribution is -2.58. The summed E-state index contributed by atoms with van der Waals surface area (Å²) in [5.41, 5.74) is -0.300. The van der Waals surface area contributed by atoms with E-state index in [2.05, 4.69) is 0 Å². The molecule has 0 radical (unpaired) electrons. The first kappa shape index (κ1) is 21.6. The lowest BCUT2D eigenvalue weighted by Gasteiger charge is -2.42. The van der Waals surface area contributed by atoms with Crippen LogP contribution in [0.2, 0.25) is 0 Å². The van der Waals surface area contributed by atoms with E-state index in [9.17, 15) is 4.79 Å². The van der Waals surface area contributed by atoms with E-state index in [-0.39, 0.29) is 12.1 Å². The molecule has 3 rings (SSSR count). The van der Waals surface area contributed by atoms with Gasteiger partial charge in [-0.1, -0.05) is 30.3 Å². The first-order valence-corrected chi connectivity index (χ1v) is 9.96. The highest BCUT2D eigenvalue weighted by molar-refractivity contribution is 5.70. The molecule has 0 bridgehead atoms. The Bertz CT molecular complexity index is 741. The Labute approximate surface area is 173 Å². The fourth-order valence-corrected chi connectivity index (χ4v) is 3.78. The topological polar surface area (TPSA) is 60.5 Å². The summed E-state index contributed by atoms with van der Waals surface area (Å²) in [4.78, 5) is 20.7. The van der Waals surface area contributed by atoms with Gasteiger partial charge in [-0.25, -0.2) is 4.79 Å². The molecule has 1 aromatic rings. The molecular weight excluding hydrogens is 372 g/mol. The maximum Gasteiger partial charge on any atom is 0.412 e. The van der Waals surface area contributed by atoms with Gasteiger partial charge in [0.25, 0.3) is 0 Å². The van der Waals surface area contributed by atoms with Gasteiger partial charge in [0.1, 0.15) is 23.1 Å². The Kier molecular flexibility index (Phi) is 6.22. The molecule has 2 heterocycles. The smallest absolute Gasteiger partial charge is 0.412 e. The predicted molar refractivity (Wildman–Crippen MR) is 109 cm³/mol. The average molecular weight is 405 g/mol. The van der Waals surface area contributed by atoms with Gasteiger partial charge in [-0.15, -0.1) is 0 Å². The molecule has 7 nitrogen and oxygen atoms in total. The number of hydroxylamine groups is 2. The number of methoxy groups -OCH3 is 1. The number of nitrogens with zero attached hydrogens (tertiary/aromatic N) is 2. The zero-order chi connectivity index (χ0) is 21.2. The summed E-state index contributed by atoms with van der Waals surface area (Å²) in [7, 11) is 1.64. The van der Waals surface area contributed by atoms with Gasteiger partial charge in [0.2, 0.25) is 0 Å². The largest absolute Gasteiger partial charge is 0.499 e. The molecular formula is C22H32N2O5. The molecule has 1 aromatic carbocycles. The van der Waals surface area contributed by atoms with E-state index in [0.717, 1.165) is 11.3 Å². The first-order valence-electron chi connectivity index (χ1n) is 9.96. The van der Waals surface area contributed by atoms with Crippen LogP contribution in [-0.2, 0) is 25.6 Å². The minimum atomic E-state index is -0.804. The van der Waals surface area contributed by atoms with E-state index in [1.165, 1.54) is 0 Å². The Hall–Kier alpha value is -2.09. The molecule has 0 saturated carbocycles. The highest BCUT2D eigenvalue weighted by atomic mass is 16.7. The van der Waals surface area contributed by atoms with Gasteiger partial charge in [-0.3, -0.25) is 9.74 Å². The molecule has 1 saturated heterocycles. The van der Waals surface area contributed by atoms with Crippen LogP contribution in [0.1, 0.15) is 40.2 Å². The molecule has 0 unspecified atom stereocenters. The number of rotatable bonds is 4. The molecule has 0 aromatic heterocycles. The van der Waals surface area contributed by atoms with E-state index in [1.54, 1.807) is 12.0 Å². The zero-order valence-corrected chi connectivity index (χ0v) is 18.2. The zero-order valence-electron chi connectivity index (χ0n) is 18.2. The van der Waals surface area contributed by atoms with Crippen molar-refractivity contribution in [2.24, 2.45) is 0 Å². The van der Waals surface area contributed by atoms with Gasteiger partial charge in [0.15, 0.2) is 0 Å². The fraction of sp³-hybridized carbons (Fsp3) is 0.591. The normalized spacial score (nSPS) is 24.9. The lowest BCUT2D eigenvalue weighted by molar-refractivity contribution is -0.204. The number of carbonyl (C=O) groups is 1. The Morgan fingerprint density at radius 1 is 1.24 bits per heavy atom. The maximum atomic E-state index is 13.1. The molecule has 2 aliphatic heterocycles. The molecule has 2 atom stereocenters. The van der Waals surface area contributed by atoms with Crippen LogP contribution in [0.15, 0.2) is 42.2 Å². The quantitative estimate of drug-likeness (QED) is 0.763. The Balaban J connectivity index is 1.92. The Morgan fingerprint density at radius 2 is 1.93 bits per heavy atom. The Morgan fingerprint density at radius 3 is 2.55 bits per heavy atom. The number of hydrogen-bond donors (Lipinski definition) is 0. The predicted octanol–water partition coefficient (Wildman–Crippen LogP) is 3.70. The second-order valence-electron chi connectivity index (χ2n) is 8.79. The third-order valence-corrected chi connectivity index (χ3v) is 5.02. The van der Waals surface area contributed by atoms with Gasteiger partial charge in [0, 0.05) is 0 Å². The van der Waals surface area contributed by atoms with E-state index >= 15 is 0 Å². The number of hydrogen-bond acceptors (Lipinski definition) is 6. The SMILES string of the molecule is COC1=CCON(Cc2ccccc2)[C@@H]1[C@H]1COC(C)(C)N1C(=O)OC(C)(C)C. The van der Waals surface area contributed by atoms with Gasteiger partial charge in [-0.2, -0.15) is 5.06 Å². The summed E-state index contributed by atoms with van der Waals surface area (Å²) in [5, 5.41) is 1.88. The summed E-state index contributed by atoms with van der Waals surface area (Å²) in [6.45, 7) is 10.6. The summed E-state index contributed by atoms with van der Waals surface area (Å²) in [5.74, 6) is 0.757. The van der Waals surface area contributed by atoms with Crippen molar-refractivity contribution < 1.29 is 23.8 Å². The van der Waals surface area contributed by atoms with E-state index < -0.39 is 17.4 Å². The van der Waals surface area contributed by atoms with Crippen molar-refractivity contribution >= 4 is 6.09 Å². The van der Waals surface area contributed by atoms with Crippen LogP contribution >= 0.6 is 0 Å².